The maximum absolute atomic E-state index is 9.12. The lowest BCUT2D eigenvalue weighted by Crippen LogP contribution is -2.60. The van der Waals surface area contributed by atoms with Gasteiger partial charge in [-0.05, 0) is 52.4 Å². The highest BCUT2D eigenvalue weighted by Gasteiger charge is 2.48. The predicted molar refractivity (Wildman–Crippen MR) is 90.3 cm³/mol. The molecule has 120 valence electrons. The number of hydrogen-bond acceptors (Lipinski definition) is 6. The molecule has 0 aromatic heterocycles. The van der Waals surface area contributed by atoms with Crippen molar-refractivity contribution in [2.45, 2.75) is 58.9 Å². The Morgan fingerprint density at radius 1 is 0.650 bits per heavy atom. The first kappa shape index (κ1) is 20.7. The van der Waals surface area contributed by atoms with Gasteiger partial charge in [0.25, 0.3) is 0 Å². The average molecular weight is 356 g/mol. The molecule has 1 atom stereocenters. The van der Waals surface area contributed by atoms with Gasteiger partial charge >= 0.3 is 24.7 Å². The molecular weight excluding hydrogens is 327 g/mol. The molecule has 0 rings (SSSR count). The number of rotatable bonds is 8. The molecule has 0 saturated heterocycles. The lowest BCUT2D eigenvalue weighted by Gasteiger charge is -2.40. The summed E-state index contributed by atoms with van der Waals surface area (Å²) in [4.78, 5) is 0. The van der Waals surface area contributed by atoms with Crippen LogP contribution >= 0.6 is 0 Å². The normalized spacial score (nSPS) is 16.9. The molecule has 20 heavy (non-hydrogen) atoms. The van der Waals surface area contributed by atoms with Crippen LogP contribution in [0.4, 0.5) is 0 Å². The van der Waals surface area contributed by atoms with Crippen LogP contribution in [0.25, 0.3) is 0 Å². The van der Waals surface area contributed by atoms with Gasteiger partial charge in [-0.25, -0.2) is 0 Å². The molecule has 0 aromatic rings. The van der Waals surface area contributed by atoms with E-state index in [0.29, 0.717) is 0 Å². The van der Waals surface area contributed by atoms with E-state index in [1.165, 1.54) is 0 Å². The van der Waals surface area contributed by atoms with E-state index >= 15 is 0 Å². The predicted octanol–water partition coefficient (Wildman–Crippen LogP) is 1.96. The molecule has 0 aliphatic carbocycles. The molecule has 0 bridgehead atoms. The second-order valence-electron chi connectivity index (χ2n) is 7.24. The lowest BCUT2D eigenvalue weighted by atomic mass is 10.3. The first-order chi connectivity index (χ1) is 8.54. The summed E-state index contributed by atoms with van der Waals surface area (Å²) in [6, 6.07) is 0. The summed E-state index contributed by atoms with van der Waals surface area (Å²) in [7, 11) is -11.2. The van der Waals surface area contributed by atoms with E-state index in [2.05, 4.69) is 19.6 Å². The smallest absolute Gasteiger partial charge is 0.437 e. The Hall–Kier alpha value is 0.692. The molecule has 0 radical (unpaired) electrons. The van der Waals surface area contributed by atoms with E-state index in [1.807, 2.05) is 32.7 Å². The van der Waals surface area contributed by atoms with Gasteiger partial charge in [0.05, 0.1) is 0 Å². The van der Waals surface area contributed by atoms with Crippen LogP contribution in [0, 0.1) is 0 Å². The second-order valence-corrected chi connectivity index (χ2v) is 22.9. The Morgan fingerprint density at radius 2 is 1.05 bits per heavy atom. The van der Waals surface area contributed by atoms with E-state index in [-0.39, 0.29) is 0 Å². The van der Waals surface area contributed by atoms with Crippen molar-refractivity contribution in [3.05, 3.63) is 0 Å². The SMILES string of the molecule is C[Si](C)(C)O[Si](C)(C)O[Si](C)(OB(O)O)O[Si](C)(C)C. The minimum atomic E-state index is -3.16. The van der Waals surface area contributed by atoms with Crippen LogP contribution in [-0.4, -0.2) is 51.4 Å². The third-order valence-electron chi connectivity index (χ3n) is 1.79. The Morgan fingerprint density at radius 3 is 1.35 bits per heavy atom. The molecule has 0 aliphatic heterocycles. The first-order valence-corrected chi connectivity index (χ1v) is 18.5. The summed E-state index contributed by atoms with van der Waals surface area (Å²) in [5.74, 6) is 0. The summed E-state index contributed by atoms with van der Waals surface area (Å²) in [5.41, 5.74) is 0. The van der Waals surface area contributed by atoms with E-state index in [4.69, 9.17) is 26.7 Å². The molecule has 11 heteroatoms. The summed E-state index contributed by atoms with van der Waals surface area (Å²) in [5, 5.41) is 18.2. The zero-order valence-electron chi connectivity index (χ0n) is 14.1. The Labute approximate surface area is 127 Å². The molecule has 6 nitrogen and oxygen atoms in total. The highest BCUT2D eigenvalue weighted by Crippen LogP contribution is 2.24. The molecule has 1 unspecified atom stereocenters. The summed E-state index contributed by atoms with van der Waals surface area (Å²) in [6.07, 6.45) is 0. The van der Waals surface area contributed by atoms with Crippen molar-refractivity contribution in [1.82, 2.24) is 0 Å². The second kappa shape index (κ2) is 6.85. The minimum Gasteiger partial charge on any atom is -0.437 e. The Balaban J connectivity index is 5.06. The van der Waals surface area contributed by atoms with Crippen molar-refractivity contribution in [2.24, 2.45) is 0 Å². The first-order valence-electron chi connectivity index (χ1n) is 6.68. The largest absolute Gasteiger partial charge is 0.626 e. The molecular formula is C9H29BO6Si4. The highest BCUT2D eigenvalue weighted by molar-refractivity contribution is 6.88. The van der Waals surface area contributed by atoms with Gasteiger partial charge in [-0.3, -0.25) is 0 Å². The van der Waals surface area contributed by atoms with Crippen molar-refractivity contribution < 1.29 is 26.7 Å². The van der Waals surface area contributed by atoms with Crippen LogP contribution in [0.5, 0.6) is 0 Å². The zero-order chi connectivity index (χ0) is 16.4. The maximum atomic E-state index is 9.12. The molecule has 0 spiro atoms. The van der Waals surface area contributed by atoms with Gasteiger partial charge in [0.2, 0.25) is 0 Å². The molecule has 0 saturated carbocycles. The fourth-order valence-corrected chi connectivity index (χ4v) is 17.8. The topological polar surface area (TPSA) is 77.4 Å². The van der Waals surface area contributed by atoms with E-state index in [9.17, 15) is 0 Å². The van der Waals surface area contributed by atoms with Crippen LogP contribution in [0.1, 0.15) is 0 Å². The summed E-state index contributed by atoms with van der Waals surface area (Å²) < 4.78 is 23.3. The van der Waals surface area contributed by atoms with Gasteiger partial charge in [0.15, 0.2) is 16.6 Å². The molecule has 0 aliphatic rings. The highest BCUT2D eigenvalue weighted by atomic mass is 28.5. The molecule has 0 amide bonds. The fraction of sp³-hybridized carbons (Fsp3) is 1.00. The van der Waals surface area contributed by atoms with Crippen LogP contribution in [0.2, 0.25) is 58.9 Å². The summed E-state index contributed by atoms with van der Waals surface area (Å²) in [6.45, 7) is 17.8. The van der Waals surface area contributed by atoms with Crippen LogP contribution < -0.4 is 0 Å². The molecule has 2 N–H and O–H groups in total. The third kappa shape index (κ3) is 10.4. The van der Waals surface area contributed by atoms with Gasteiger partial charge in [0.1, 0.15) is 0 Å². The average Bonchev–Trinajstić information content (AvgIpc) is 1.86. The van der Waals surface area contributed by atoms with Gasteiger partial charge < -0.3 is 26.7 Å². The van der Waals surface area contributed by atoms with Gasteiger partial charge in [-0.1, -0.05) is 0 Å². The van der Waals surface area contributed by atoms with Crippen molar-refractivity contribution >= 4 is 41.3 Å². The molecule has 0 aromatic carbocycles. The quantitative estimate of drug-likeness (QED) is 0.648. The van der Waals surface area contributed by atoms with Crippen molar-refractivity contribution in [3.63, 3.8) is 0 Å². The van der Waals surface area contributed by atoms with E-state index < -0.39 is 41.3 Å². The maximum Gasteiger partial charge on any atom is 0.626 e. The van der Waals surface area contributed by atoms with Crippen LogP contribution in [-0.2, 0) is 16.7 Å². The Kier molecular flexibility index (Phi) is 7.09. The zero-order valence-corrected chi connectivity index (χ0v) is 18.1. The lowest BCUT2D eigenvalue weighted by molar-refractivity contribution is 0.186. The van der Waals surface area contributed by atoms with Gasteiger partial charge in [0, 0.05) is 6.55 Å². The third-order valence-corrected chi connectivity index (χ3v) is 14.2. The van der Waals surface area contributed by atoms with Crippen molar-refractivity contribution in [2.75, 3.05) is 0 Å². The molecule has 0 fully saturated rings. The standard InChI is InChI=1S/C9H29BO6Si4/c1-17(2,3)14-19(7,8)16-20(9,13-10(11)12)15-18(4,5)6/h11-12H,1-9H3. The minimum absolute atomic E-state index is 1.69. The van der Waals surface area contributed by atoms with E-state index in [1.54, 1.807) is 6.55 Å². The monoisotopic (exact) mass is 356 g/mol. The Bertz CT molecular complexity index is 317. The molecule has 0 heterocycles. The van der Waals surface area contributed by atoms with Crippen LogP contribution in [0.15, 0.2) is 0 Å². The van der Waals surface area contributed by atoms with E-state index in [0.717, 1.165) is 0 Å². The number of hydrogen-bond donors (Lipinski definition) is 2. The van der Waals surface area contributed by atoms with Crippen LogP contribution in [0.3, 0.4) is 0 Å². The van der Waals surface area contributed by atoms with Gasteiger partial charge in [-0.2, -0.15) is 0 Å². The van der Waals surface area contributed by atoms with Crippen molar-refractivity contribution in [3.8, 4) is 0 Å². The fourth-order valence-electron chi connectivity index (χ4n) is 2.02. The van der Waals surface area contributed by atoms with Crippen molar-refractivity contribution in [1.29, 1.82) is 0 Å². The van der Waals surface area contributed by atoms with Gasteiger partial charge in [-0.15, -0.1) is 0 Å². The summed E-state index contributed by atoms with van der Waals surface area (Å²) >= 11 is 0.